The molecule has 0 spiro atoms. The van der Waals surface area contributed by atoms with Crippen molar-refractivity contribution in [1.82, 2.24) is 9.29 Å². The quantitative estimate of drug-likeness (QED) is 0.304. The topological polar surface area (TPSA) is 113 Å². The Hall–Kier alpha value is -3.67. The largest absolute Gasteiger partial charge is 0.487 e. The maximum Gasteiger partial charge on any atom is 0.318 e. The molecule has 188 valence electrons. The van der Waals surface area contributed by atoms with Gasteiger partial charge in [0.15, 0.2) is 0 Å². The first-order valence-electron chi connectivity index (χ1n) is 11.0. The first-order valence-corrected chi connectivity index (χ1v) is 13.2. The predicted molar refractivity (Wildman–Crippen MR) is 137 cm³/mol. The Bertz CT molecular complexity index is 1400. The van der Waals surface area contributed by atoms with Gasteiger partial charge in [0, 0.05) is 13.6 Å². The predicted octanol–water partition coefficient (Wildman–Crippen LogP) is 4.56. The van der Waals surface area contributed by atoms with Crippen LogP contribution in [0.4, 0.5) is 5.69 Å². The summed E-state index contributed by atoms with van der Waals surface area (Å²) in [6.45, 7) is 1.26. The number of carboxylic acids is 1. The van der Waals surface area contributed by atoms with E-state index in [-0.39, 0.29) is 13.2 Å². The number of thiophene rings is 1. The van der Waals surface area contributed by atoms with E-state index in [0.29, 0.717) is 34.3 Å². The van der Waals surface area contributed by atoms with E-state index in [1.54, 1.807) is 65.9 Å². The first kappa shape index (κ1) is 25.4. The molecular weight excluding hydrogens is 502 g/mol. The van der Waals surface area contributed by atoms with Crippen molar-refractivity contribution in [2.24, 2.45) is 0 Å². The zero-order valence-corrected chi connectivity index (χ0v) is 21.3. The van der Waals surface area contributed by atoms with E-state index in [4.69, 9.17) is 9.15 Å². The molecule has 0 aliphatic carbocycles. The van der Waals surface area contributed by atoms with Gasteiger partial charge in [0.1, 0.15) is 30.4 Å². The minimum atomic E-state index is -4.09. The smallest absolute Gasteiger partial charge is 0.318 e. The van der Waals surface area contributed by atoms with Gasteiger partial charge in [-0.15, -0.1) is 11.3 Å². The lowest BCUT2D eigenvalue weighted by atomic mass is 10.2. The second-order valence-electron chi connectivity index (χ2n) is 7.90. The van der Waals surface area contributed by atoms with Crippen molar-refractivity contribution in [2.75, 3.05) is 17.9 Å². The molecule has 4 aromatic rings. The molecule has 1 N–H and O–H groups in total. The third-order valence-corrected chi connectivity index (χ3v) is 8.06. The lowest BCUT2D eigenvalue weighted by Crippen LogP contribution is -2.44. The standard InChI is InChI=1S/C25H25N3O6S2/c1-18-22(26-25(34-18)23-9-6-14-35-23)17-33-21-12-10-19(11-13-21)15-28(16-24(29)30)36(31,32)27(2)20-7-4-3-5-8-20/h3-14H,15-17H2,1-2H3,(H,29,30). The number of hydrogen-bond acceptors (Lipinski definition) is 7. The number of para-hydroxylation sites is 1. The summed E-state index contributed by atoms with van der Waals surface area (Å²) in [4.78, 5) is 16.9. The molecule has 2 aromatic heterocycles. The molecule has 2 aromatic carbocycles. The highest BCUT2D eigenvalue weighted by Gasteiger charge is 2.29. The Morgan fingerprint density at radius 1 is 1.08 bits per heavy atom. The van der Waals surface area contributed by atoms with Gasteiger partial charge in [-0.3, -0.25) is 9.10 Å². The number of ether oxygens (including phenoxy) is 1. The number of hydrogen-bond donors (Lipinski definition) is 1. The molecule has 0 aliphatic heterocycles. The second kappa shape index (κ2) is 10.9. The average Bonchev–Trinajstić information content (AvgIpc) is 3.53. The van der Waals surface area contributed by atoms with Crippen LogP contribution >= 0.6 is 11.3 Å². The summed E-state index contributed by atoms with van der Waals surface area (Å²) in [7, 11) is -2.69. The van der Waals surface area contributed by atoms with E-state index in [0.717, 1.165) is 13.5 Å². The zero-order chi connectivity index (χ0) is 25.7. The fraction of sp³-hybridized carbons (Fsp3) is 0.200. The number of carboxylic acid groups (broad SMARTS) is 1. The number of rotatable bonds is 11. The Balaban J connectivity index is 1.44. The fourth-order valence-electron chi connectivity index (χ4n) is 3.43. The van der Waals surface area contributed by atoms with Crippen LogP contribution in [-0.2, 0) is 28.2 Å². The van der Waals surface area contributed by atoms with Crippen molar-refractivity contribution in [1.29, 1.82) is 0 Å². The van der Waals surface area contributed by atoms with Crippen LogP contribution in [0.5, 0.6) is 5.75 Å². The van der Waals surface area contributed by atoms with Crippen LogP contribution in [0, 0.1) is 6.92 Å². The van der Waals surface area contributed by atoms with E-state index in [9.17, 15) is 18.3 Å². The number of aliphatic carboxylic acids is 1. The molecule has 0 unspecified atom stereocenters. The van der Waals surface area contributed by atoms with Crippen molar-refractivity contribution in [2.45, 2.75) is 20.1 Å². The molecule has 0 radical (unpaired) electrons. The van der Waals surface area contributed by atoms with Crippen molar-refractivity contribution in [3.63, 3.8) is 0 Å². The highest BCUT2D eigenvalue weighted by Crippen LogP contribution is 2.27. The molecule has 9 nitrogen and oxygen atoms in total. The summed E-state index contributed by atoms with van der Waals surface area (Å²) in [5, 5.41) is 11.3. The van der Waals surface area contributed by atoms with Crippen molar-refractivity contribution < 1.29 is 27.5 Å². The minimum absolute atomic E-state index is 0.112. The number of carbonyl (C=O) groups is 1. The molecule has 11 heteroatoms. The number of oxazole rings is 1. The number of anilines is 1. The van der Waals surface area contributed by atoms with Crippen LogP contribution in [0.25, 0.3) is 10.8 Å². The van der Waals surface area contributed by atoms with Gasteiger partial charge in [-0.05, 0) is 48.2 Å². The lowest BCUT2D eigenvalue weighted by Gasteiger charge is -2.27. The zero-order valence-electron chi connectivity index (χ0n) is 19.7. The van der Waals surface area contributed by atoms with Crippen LogP contribution in [0.1, 0.15) is 17.0 Å². The van der Waals surface area contributed by atoms with E-state index >= 15 is 0 Å². The van der Waals surface area contributed by atoms with Gasteiger partial charge in [0.2, 0.25) is 5.89 Å². The number of benzene rings is 2. The maximum atomic E-state index is 13.2. The summed E-state index contributed by atoms with van der Waals surface area (Å²) >= 11 is 1.54. The number of aromatic nitrogens is 1. The van der Waals surface area contributed by atoms with Gasteiger partial charge in [0.25, 0.3) is 0 Å². The van der Waals surface area contributed by atoms with Gasteiger partial charge in [-0.1, -0.05) is 36.4 Å². The highest BCUT2D eigenvalue weighted by atomic mass is 32.2. The van der Waals surface area contributed by atoms with E-state index < -0.39 is 22.7 Å². The monoisotopic (exact) mass is 527 g/mol. The van der Waals surface area contributed by atoms with Gasteiger partial charge in [0.05, 0.1) is 10.6 Å². The summed E-state index contributed by atoms with van der Waals surface area (Å²) in [6.07, 6.45) is 0. The second-order valence-corrected chi connectivity index (χ2v) is 10.8. The minimum Gasteiger partial charge on any atom is -0.487 e. The van der Waals surface area contributed by atoms with E-state index in [1.807, 2.05) is 24.4 Å². The van der Waals surface area contributed by atoms with Crippen LogP contribution in [-0.4, -0.2) is 42.4 Å². The van der Waals surface area contributed by atoms with Gasteiger partial charge in [-0.2, -0.15) is 12.7 Å². The van der Waals surface area contributed by atoms with Gasteiger partial charge in [-0.25, -0.2) is 4.98 Å². The fourth-order valence-corrected chi connectivity index (χ4v) is 5.40. The van der Waals surface area contributed by atoms with Crippen LogP contribution in [0.15, 0.2) is 76.5 Å². The molecular formula is C25H25N3O6S2. The van der Waals surface area contributed by atoms with Gasteiger partial charge < -0.3 is 14.3 Å². The highest BCUT2D eigenvalue weighted by molar-refractivity contribution is 7.90. The summed E-state index contributed by atoms with van der Waals surface area (Å²) in [5.74, 6) is 0.543. The molecule has 0 bridgehead atoms. The Morgan fingerprint density at radius 3 is 2.44 bits per heavy atom. The molecule has 0 atom stereocenters. The van der Waals surface area contributed by atoms with Crippen molar-refractivity contribution in [3.8, 4) is 16.5 Å². The van der Waals surface area contributed by atoms with Crippen LogP contribution in [0.2, 0.25) is 0 Å². The molecule has 0 saturated carbocycles. The van der Waals surface area contributed by atoms with E-state index in [2.05, 4.69) is 4.98 Å². The lowest BCUT2D eigenvalue weighted by molar-refractivity contribution is -0.137. The summed E-state index contributed by atoms with van der Waals surface area (Å²) < 4.78 is 39.9. The third-order valence-electron chi connectivity index (χ3n) is 5.39. The molecule has 0 aliphatic rings. The van der Waals surface area contributed by atoms with Crippen LogP contribution < -0.4 is 9.04 Å². The number of nitrogens with zero attached hydrogens (tertiary/aromatic N) is 3. The summed E-state index contributed by atoms with van der Waals surface area (Å²) in [5.41, 5.74) is 1.73. The SMILES string of the molecule is Cc1oc(-c2cccs2)nc1COc1ccc(CN(CC(=O)O)S(=O)(=O)N(C)c2ccccc2)cc1. The van der Waals surface area contributed by atoms with Crippen molar-refractivity contribution >= 4 is 33.2 Å². The Kier molecular flexibility index (Phi) is 7.73. The molecule has 0 fully saturated rings. The average molecular weight is 528 g/mol. The molecule has 2 heterocycles. The number of aryl methyl sites for hydroxylation is 1. The first-order chi connectivity index (χ1) is 17.2. The van der Waals surface area contributed by atoms with Crippen molar-refractivity contribution in [3.05, 3.63) is 89.1 Å². The molecule has 0 saturated heterocycles. The third kappa shape index (κ3) is 5.93. The van der Waals surface area contributed by atoms with E-state index in [1.165, 1.54) is 7.05 Å². The molecule has 0 amide bonds. The molecule has 36 heavy (non-hydrogen) atoms. The normalized spacial score (nSPS) is 11.5. The molecule has 4 rings (SSSR count). The Morgan fingerprint density at radius 2 is 1.81 bits per heavy atom. The Labute approximate surface area is 213 Å². The maximum absolute atomic E-state index is 13.2. The summed E-state index contributed by atoms with van der Waals surface area (Å²) in [6, 6.07) is 19.2. The van der Waals surface area contributed by atoms with Crippen LogP contribution in [0.3, 0.4) is 0 Å². The van der Waals surface area contributed by atoms with Gasteiger partial charge >= 0.3 is 16.2 Å².